The fraction of sp³-hybridized carbons (Fsp3) is 1.00. The maximum atomic E-state index is 10.1. The molecule has 2 fully saturated rings. The second kappa shape index (κ2) is 5.22. The van der Waals surface area contributed by atoms with Crippen LogP contribution in [0.3, 0.4) is 0 Å². The van der Waals surface area contributed by atoms with Crippen molar-refractivity contribution in [1.29, 1.82) is 0 Å². The topological polar surface area (TPSA) is 145 Å². The molecular formula is C9H14N6O4. The van der Waals surface area contributed by atoms with Crippen molar-refractivity contribution in [1.82, 2.24) is 0 Å². The third kappa shape index (κ3) is 2.74. The molecule has 0 spiro atoms. The van der Waals surface area contributed by atoms with E-state index < -0.39 is 36.4 Å². The predicted octanol–water partition coefficient (Wildman–Crippen LogP) is 1.21. The third-order valence-electron chi connectivity index (χ3n) is 2.97. The quantitative estimate of drug-likeness (QED) is 0.466. The fourth-order valence-corrected chi connectivity index (χ4v) is 2.22. The van der Waals surface area contributed by atoms with Crippen LogP contribution in [0.4, 0.5) is 0 Å². The average Bonchev–Trinajstić information content (AvgIpc) is 2.65. The Labute approximate surface area is 108 Å². The number of aliphatic hydroxyl groups is 1. The van der Waals surface area contributed by atoms with Gasteiger partial charge < -0.3 is 19.3 Å². The Morgan fingerprint density at radius 1 is 1.26 bits per heavy atom. The van der Waals surface area contributed by atoms with Crippen molar-refractivity contribution in [3.63, 3.8) is 0 Å². The van der Waals surface area contributed by atoms with Gasteiger partial charge in [0.05, 0.1) is 24.8 Å². The van der Waals surface area contributed by atoms with Crippen LogP contribution in [0.5, 0.6) is 0 Å². The number of aliphatic hydroxyl groups excluding tert-OH is 1. The van der Waals surface area contributed by atoms with Crippen LogP contribution in [0.1, 0.15) is 13.8 Å². The van der Waals surface area contributed by atoms with E-state index in [2.05, 4.69) is 20.1 Å². The summed E-state index contributed by atoms with van der Waals surface area (Å²) in [4.78, 5) is 5.31. The molecule has 2 heterocycles. The van der Waals surface area contributed by atoms with Gasteiger partial charge in [-0.3, -0.25) is 0 Å². The van der Waals surface area contributed by atoms with Crippen LogP contribution in [-0.4, -0.2) is 48.1 Å². The van der Waals surface area contributed by atoms with E-state index in [0.717, 1.165) is 0 Å². The molecule has 0 saturated carbocycles. The molecule has 19 heavy (non-hydrogen) atoms. The zero-order valence-corrected chi connectivity index (χ0v) is 10.4. The lowest BCUT2D eigenvalue weighted by molar-refractivity contribution is -0.228. The number of hydrogen-bond acceptors (Lipinski definition) is 6. The molecule has 1 unspecified atom stereocenters. The molecule has 2 rings (SSSR count). The summed E-state index contributed by atoms with van der Waals surface area (Å²) >= 11 is 0. The first-order chi connectivity index (χ1) is 8.98. The largest absolute Gasteiger partial charge is 0.390 e. The SMILES string of the molecule is CC1(C)OC2O[C@H](CN=[N+]=[N-])[C@@H](O)[C@H](N=[N+]=[N-])[C@H]2O1. The summed E-state index contributed by atoms with van der Waals surface area (Å²) in [6.45, 7) is 3.30. The van der Waals surface area contributed by atoms with Gasteiger partial charge in [0.25, 0.3) is 0 Å². The Balaban J connectivity index is 2.23. The summed E-state index contributed by atoms with van der Waals surface area (Å²) in [7, 11) is 0. The molecule has 0 bridgehead atoms. The van der Waals surface area contributed by atoms with Gasteiger partial charge in [0.2, 0.25) is 0 Å². The van der Waals surface area contributed by atoms with Crippen LogP contribution < -0.4 is 0 Å². The summed E-state index contributed by atoms with van der Waals surface area (Å²) in [5.74, 6) is -0.897. The lowest BCUT2D eigenvalue weighted by Gasteiger charge is -2.37. The van der Waals surface area contributed by atoms with Crippen molar-refractivity contribution >= 4 is 0 Å². The predicted molar refractivity (Wildman–Crippen MR) is 61.7 cm³/mol. The van der Waals surface area contributed by atoms with Crippen molar-refractivity contribution < 1.29 is 19.3 Å². The van der Waals surface area contributed by atoms with Gasteiger partial charge in [-0.2, -0.15) is 0 Å². The molecular weight excluding hydrogens is 256 g/mol. The van der Waals surface area contributed by atoms with Crippen LogP contribution in [0.2, 0.25) is 0 Å². The van der Waals surface area contributed by atoms with E-state index in [1.807, 2.05) is 0 Å². The second-order valence-corrected chi connectivity index (χ2v) is 4.74. The first-order valence-electron chi connectivity index (χ1n) is 5.73. The molecule has 0 aromatic rings. The fourth-order valence-electron chi connectivity index (χ4n) is 2.22. The number of hydrogen-bond donors (Lipinski definition) is 1. The molecule has 10 heteroatoms. The minimum atomic E-state index is -1.12. The van der Waals surface area contributed by atoms with Crippen molar-refractivity contribution in [2.45, 2.75) is 50.3 Å². The maximum absolute atomic E-state index is 10.1. The van der Waals surface area contributed by atoms with Gasteiger partial charge in [-0.25, -0.2) is 0 Å². The Morgan fingerprint density at radius 3 is 2.63 bits per heavy atom. The van der Waals surface area contributed by atoms with Crippen molar-refractivity contribution in [2.24, 2.45) is 10.2 Å². The highest BCUT2D eigenvalue weighted by Crippen LogP contribution is 2.37. The minimum absolute atomic E-state index is 0.0812. The summed E-state index contributed by atoms with van der Waals surface area (Å²) < 4.78 is 16.6. The van der Waals surface area contributed by atoms with E-state index in [1.54, 1.807) is 13.8 Å². The molecule has 1 N–H and O–H groups in total. The zero-order chi connectivity index (χ0) is 14.0. The van der Waals surface area contributed by atoms with Crippen LogP contribution >= 0.6 is 0 Å². The number of azide groups is 2. The van der Waals surface area contributed by atoms with Crippen molar-refractivity contribution in [3.8, 4) is 0 Å². The Morgan fingerprint density at radius 2 is 2.00 bits per heavy atom. The van der Waals surface area contributed by atoms with Gasteiger partial charge >= 0.3 is 0 Å². The summed E-state index contributed by atoms with van der Waals surface area (Å²) in [5.41, 5.74) is 16.9. The van der Waals surface area contributed by atoms with Gasteiger partial charge in [0, 0.05) is 9.82 Å². The van der Waals surface area contributed by atoms with Gasteiger partial charge in [-0.1, -0.05) is 10.2 Å². The highest BCUT2D eigenvalue weighted by atomic mass is 16.8. The average molecular weight is 270 g/mol. The van der Waals surface area contributed by atoms with Gasteiger partial charge in [0.1, 0.15) is 6.10 Å². The van der Waals surface area contributed by atoms with Gasteiger partial charge in [-0.15, -0.1) is 0 Å². The third-order valence-corrected chi connectivity index (χ3v) is 2.97. The van der Waals surface area contributed by atoms with Gasteiger partial charge in [-0.05, 0) is 24.9 Å². The Bertz CT molecular complexity index is 444. The van der Waals surface area contributed by atoms with Crippen LogP contribution in [0.25, 0.3) is 20.9 Å². The first-order valence-corrected chi connectivity index (χ1v) is 5.73. The molecule has 5 atom stereocenters. The molecule has 10 nitrogen and oxygen atoms in total. The van der Waals surface area contributed by atoms with E-state index >= 15 is 0 Å². The monoisotopic (exact) mass is 270 g/mol. The normalized spacial score (nSPS) is 39.8. The van der Waals surface area contributed by atoms with E-state index in [9.17, 15) is 5.11 Å². The second-order valence-electron chi connectivity index (χ2n) is 4.74. The van der Waals surface area contributed by atoms with Crippen LogP contribution in [-0.2, 0) is 14.2 Å². The molecule has 104 valence electrons. The standard InChI is InChI=1S/C9H14N6O4/c1-9(2)18-7-5(13-15-11)6(16)4(3-12-14-10)17-8(7)19-9/h4-8,16H,3H2,1-2H3/t4-,5+,6-,7-,8?/m1/s1. The molecule has 2 aliphatic rings. The first kappa shape index (κ1) is 13.9. The Kier molecular flexibility index (Phi) is 3.81. The van der Waals surface area contributed by atoms with E-state index in [-0.39, 0.29) is 6.54 Å². The van der Waals surface area contributed by atoms with Crippen LogP contribution in [0.15, 0.2) is 10.2 Å². The molecule has 0 aliphatic carbocycles. The van der Waals surface area contributed by atoms with E-state index in [1.165, 1.54) is 0 Å². The molecule has 0 aromatic carbocycles. The molecule has 0 amide bonds. The highest BCUT2D eigenvalue weighted by molar-refractivity contribution is 4.99. The number of fused-ring (bicyclic) bond motifs is 1. The minimum Gasteiger partial charge on any atom is -0.390 e. The smallest absolute Gasteiger partial charge is 0.188 e. The summed E-state index contributed by atoms with van der Waals surface area (Å²) in [6, 6.07) is -0.857. The Hall–Kier alpha value is -1.54. The number of nitrogens with zero attached hydrogens (tertiary/aromatic N) is 6. The zero-order valence-electron chi connectivity index (χ0n) is 10.4. The summed E-state index contributed by atoms with van der Waals surface area (Å²) in [6.07, 6.45) is -3.39. The van der Waals surface area contributed by atoms with Crippen molar-refractivity contribution in [2.75, 3.05) is 6.54 Å². The van der Waals surface area contributed by atoms with Gasteiger partial charge in [0.15, 0.2) is 12.1 Å². The molecule has 0 aromatic heterocycles. The lowest BCUT2D eigenvalue weighted by Crippen LogP contribution is -2.56. The lowest BCUT2D eigenvalue weighted by atomic mass is 9.97. The highest BCUT2D eigenvalue weighted by Gasteiger charge is 2.53. The molecule has 0 radical (unpaired) electrons. The van der Waals surface area contributed by atoms with E-state index in [0.29, 0.717) is 0 Å². The van der Waals surface area contributed by atoms with Crippen LogP contribution in [0, 0.1) is 0 Å². The molecule has 2 aliphatic heterocycles. The molecule has 2 saturated heterocycles. The maximum Gasteiger partial charge on any atom is 0.188 e. The van der Waals surface area contributed by atoms with Crippen molar-refractivity contribution in [3.05, 3.63) is 20.9 Å². The number of ether oxygens (including phenoxy) is 3. The van der Waals surface area contributed by atoms with E-state index in [4.69, 9.17) is 25.3 Å². The summed E-state index contributed by atoms with van der Waals surface area (Å²) in [5, 5.41) is 17.0. The number of rotatable bonds is 3.